The number of carbonyl (C=O) groups is 1. The van der Waals surface area contributed by atoms with E-state index in [2.05, 4.69) is 42.7 Å². The highest BCUT2D eigenvalue weighted by Crippen LogP contribution is 2.37. The van der Waals surface area contributed by atoms with E-state index in [4.69, 9.17) is 28.9 Å². The lowest BCUT2D eigenvalue weighted by Gasteiger charge is -2.13. The molecule has 0 radical (unpaired) electrons. The number of aromatic nitrogens is 1. The molecule has 0 spiro atoms. The fraction of sp³-hybridized carbons (Fsp3) is 0.107. The van der Waals surface area contributed by atoms with Crippen LogP contribution in [0, 0.1) is 13.8 Å². The van der Waals surface area contributed by atoms with E-state index in [9.17, 15) is 4.79 Å². The summed E-state index contributed by atoms with van der Waals surface area (Å²) < 4.78 is 2.26. The van der Waals surface area contributed by atoms with Gasteiger partial charge in [-0.15, -0.1) is 0 Å². The van der Waals surface area contributed by atoms with Gasteiger partial charge >= 0.3 is 0 Å². The van der Waals surface area contributed by atoms with E-state index in [-0.39, 0.29) is 0 Å². The molecule has 0 aliphatic carbocycles. The van der Waals surface area contributed by atoms with Crippen LogP contribution in [0.1, 0.15) is 27.0 Å². The zero-order valence-electron chi connectivity index (χ0n) is 18.3. The van der Waals surface area contributed by atoms with Crippen molar-refractivity contribution >= 4 is 50.9 Å². The van der Waals surface area contributed by atoms with Gasteiger partial charge in [-0.2, -0.15) is 0 Å². The molecular formula is C28H22Cl2N2O. The van der Waals surface area contributed by atoms with E-state index in [0.717, 1.165) is 32.9 Å². The smallest absolute Gasteiger partial charge is 0.249 e. The largest absolute Gasteiger partial charge is 0.366 e. The minimum absolute atomic E-state index is 0.434. The van der Waals surface area contributed by atoms with Crippen LogP contribution in [0.5, 0.6) is 0 Å². The first-order valence-corrected chi connectivity index (χ1v) is 11.5. The molecule has 0 saturated heterocycles. The van der Waals surface area contributed by atoms with Crippen LogP contribution in [-0.4, -0.2) is 10.5 Å². The average molecular weight is 473 g/mol. The number of nitrogens with zero attached hydrogens (tertiary/aromatic N) is 1. The van der Waals surface area contributed by atoms with Gasteiger partial charge in [-0.05, 0) is 66.4 Å². The summed E-state index contributed by atoms with van der Waals surface area (Å²) in [6.45, 7) is 4.94. The molecule has 0 unspecified atom stereocenters. The van der Waals surface area contributed by atoms with Gasteiger partial charge in [0.25, 0.3) is 0 Å². The molecule has 33 heavy (non-hydrogen) atoms. The third-order valence-corrected chi connectivity index (χ3v) is 6.99. The molecule has 1 amide bonds. The molecule has 0 atom stereocenters. The van der Waals surface area contributed by atoms with Crippen molar-refractivity contribution in [2.45, 2.75) is 20.4 Å². The highest BCUT2D eigenvalue weighted by atomic mass is 35.5. The molecule has 2 N–H and O–H groups in total. The quantitative estimate of drug-likeness (QED) is 0.288. The Kier molecular flexibility index (Phi) is 5.40. The van der Waals surface area contributed by atoms with E-state index in [1.165, 1.54) is 16.7 Å². The predicted octanol–water partition coefficient (Wildman–Crippen LogP) is 7.53. The van der Waals surface area contributed by atoms with Crippen molar-refractivity contribution in [2.75, 3.05) is 0 Å². The molecule has 0 bridgehead atoms. The van der Waals surface area contributed by atoms with E-state index < -0.39 is 5.91 Å². The Morgan fingerprint density at radius 1 is 0.909 bits per heavy atom. The summed E-state index contributed by atoms with van der Waals surface area (Å²) in [4.78, 5) is 12.3. The highest BCUT2D eigenvalue weighted by molar-refractivity contribution is 6.36. The number of amides is 1. The summed E-state index contributed by atoms with van der Waals surface area (Å²) in [5.74, 6) is -0.434. The fourth-order valence-corrected chi connectivity index (χ4v) is 5.08. The number of carbonyl (C=O) groups excluding carboxylic acids is 1. The van der Waals surface area contributed by atoms with Gasteiger partial charge in [0.1, 0.15) is 0 Å². The third kappa shape index (κ3) is 3.68. The van der Waals surface area contributed by atoms with Gasteiger partial charge in [0, 0.05) is 38.5 Å². The first kappa shape index (κ1) is 21.6. The van der Waals surface area contributed by atoms with Gasteiger partial charge in [0.05, 0.1) is 11.0 Å². The lowest BCUT2D eigenvalue weighted by molar-refractivity contribution is 0.100. The van der Waals surface area contributed by atoms with Crippen LogP contribution < -0.4 is 5.73 Å². The molecule has 0 aliphatic heterocycles. The van der Waals surface area contributed by atoms with Gasteiger partial charge in [0.15, 0.2) is 0 Å². The van der Waals surface area contributed by atoms with Crippen molar-refractivity contribution in [3.63, 3.8) is 0 Å². The molecule has 0 saturated carbocycles. The molecule has 4 aromatic carbocycles. The number of nitrogens with two attached hydrogens (primary N) is 1. The molecule has 164 valence electrons. The maximum Gasteiger partial charge on any atom is 0.249 e. The molecule has 1 aromatic heterocycles. The second kappa shape index (κ2) is 8.26. The number of aryl methyl sites for hydroxylation is 1. The van der Waals surface area contributed by atoms with Gasteiger partial charge in [-0.25, -0.2) is 0 Å². The first-order chi connectivity index (χ1) is 15.8. The van der Waals surface area contributed by atoms with Crippen molar-refractivity contribution in [1.29, 1.82) is 0 Å². The number of rotatable bonds is 4. The lowest BCUT2D eigenvalue weighted by atomic mass is 10.0. The summed E-state index contributed by atoms with van der Waals surface area (Å²) in [5, 5.41) is 3.05. The van der Waals surface area contributed by atoms with Crippen molar-refractivity contribution < 1.29 is 4.79 Å². The Hall–Kier alpha value is -3.27. The van der Waals surface area contributed by atoms with Crippen LogP contribution in [0.15, 0.2) is 72.8 Å². The van der Waals surface area contributed by atoms with Gasteiger partial charge in [0.2, 0.25) is 5.91 Å². The van der Waals surface area contributed by atoms with E-state index in [1.807, 2.05) is 36.4 Å². The van der Waals surface area contributed by atoms with Crippen LogP contribution in [0.4, 0.5) is 0 Å². The maximum atomic E-state index is 12.3. The first-order valence-electron chi connectivity index (χ1n) is 10.7. The lowest BCUT2D eigenvalue weighted by Crippen LogP contribution is -2.11. The highest BCUT2D eigenvalue weighted by Gasteiger charge is 2.18. The van der Waals surface area contributed by atoms with E-state index in [1.54, 1.807) is 12.1 Å². The monoisotopic (exact) mass is 472 g/mol. The van der Waals surface area contributed by atoms with Gasteiger partial charge in [-0.3, -0.25) is 4.79 Å². The Balaban J connectivity index is 1.82. The molecule has 5 heteroatoms. The second-order valence-corrected chi connectivity index (χ2v) is 9.21. The summed E-state index contributed by atoms with van der Waals surface area (Å²) in [5.41, 5.74) is 13.9. The minimum atomic E-state index is -0.434. The Morgan fingerprint density at radius 2 is 1.70 bits per heavy atom. The van der Waals surface area contributed by atoms with Gasteiger partial charge in [-0.1, -0.05) is 65.7 Å². The number of primary amides is 1. The molecule has 3 nitrogen and oxygen atoms in total. The predicted molar refractivity (Wildman–Crippen MR) is 138 cm³/mol. The molecule has 0 aliphatic rings. The van der Waals surface area contributed by atoms with Crippen molar-refractivity contribution in [1.82, 2.24) is 4.57 Å². The molecule has 5 rings (SSSR count). The Labute approximate surface area is 202 Å². The Morgan fingerprint density at radius 3 is 2.45 bits per heavy atom. The molecule has 5 aromatic rings. The topological polar surface area (TPSA) is 48.0 Å². The van der Waals surface area contributed by atoms with Crippen molar-refractivity contribution in [3.8, 4) is 11.1 Å². The van der Waals surface area contributed by atoms with Crippen molar-refractivity contribution in [2.24, 2.45) is 5.73 Å². The Bertz CT molecular complexity index is 1570. The third-order valence-electron chi connectivity index (χ3n) is 6.44. The summed E-state index contributed by atoms with van der Waals surface area (Å²) in [6.07, 6.45) is 0. The fourth-order valence-electron chi connectivity index (χ4n) is 4.56. The summed E-state index contributed by atoms with van der Waals surface area (Å²) >= 11 is 12.6. The zero-order chi connectivity index (χ0) is 23.3. The number of hydrogen-bond donors (Lipinski definition) is 1. The number of benzene rings is 4. The van der Waals surface area contributed by atoms with E-state index in [0.29, 0.717) is 22.2 Å². The standard InChI is InChI=1S/C28H22Cl2N2O/c1-16-5-3-6-19(17(16)2)15-32-25-8-4-7-23(28(31)33)27(25)22-11-9-18(13-26(22)32)21-12-10-20(29)14-24(21)30/h3-14H,15H2,1-2H3,(H2,31,33). The number of halogens is 2. The molecular weight excluding hydrogens is 451 g/mol. The maximum absolute atomic E-state index is 12.3. The zero-order valence-corrected chi connectivity index (χ0v) is 19.8. The molecule has 1 heterocycles. The van der Waals surface area contributed by atoms with Crippen LogP contribution in [0.25, 0.3) is 32.9 Å². The summed E-state index contributed by atoms with van der Waals surface area (Å²) in [6, 6.07) is 23.8. The normalized spacial score (nSPS) is 11.4. The average Bonchev–Trinajstić information content (AvgIpc) is 3.10. The second-order valence-electron chi connectivity index (χ2n) is 8.37. The van der Waals surface area contributed by atoms with Gasteiger partial charge < -0.3 is 10.3 Å². The number of fused-ring (bicyclic) bond motifs is 3. The van der Waals surface area contributed by atoms with Crippen LogP contribution in [0.3, 0.4) is 0 Å². The van der Waals surface area contributed by atoms with Crippen LogP contribution in [0.2, 0.25) is 10.0 Å². The summed E-state index contributed by atoms with van der Waals surface area (Å²) in [7, 11) is 0. The van der Waals surface area contributed by atoms with Crippen LogP contribution in [-0.2, 0) is 6.54 Å². The minimum Gasteiger partial charge on any atom is -0.366 e. The SMILES string of the molecule is Cc1cccc(Cn2c3cc(-c4ccc(Cl)cc4Cl)ccc3c3c(C(N)=O)cccc32)c1C. The van der Waals surface area contributed by atoms with E-state index >= 15 is 0 Å². The number of hydrogen-bond acceptors (Lipinski definition) is 1. The van der Waals surface area contributed by atoms with Crippen molar-refractivity contribution in [3.05, 3.63) is 105 Å². The van der Waals surface area contributed by atoms with Crippen LogP contribution >= 0.6 is 23.2 Å². The molecule has 0 fully saturated rings.